The monoisotopic (exact) mass is 403 g/mol. The van der Waals surface area contributed by atoms with Crippen molar-refractivity contribution in [2.24, 2.45) is 0 Å². The second-order valence-corrected chi connectivity index (χ2v) is 7.55. The van der Waals surface area contributed by atoms with Crippen LogP contribution in [0, 0.1) is 5.82 Å². The minimum absolute atomic E-state index is 0.00669. The first-order valence-electron chi connectivity index (χ1n) is 9.54. The van der Waals surface area contributed by atoms with Crippen LogP contribution < -0.4 is 10.1 Å². The van der Waals surface area contributed by atoms with Crippen LogP contribution >= 0.6 is 0 Å². The summed E-state index contributed by atoms with van der Waals surface area (Å²) in [4.78, 5) is 12.2. The summed E-state index contributed by atoms with van der Waals surface area (Å²) in [6, 6.07) is 11.2. The van der Waals surface area contributed by atoms with Crippen molar-refractivity contribution in [1.82, 2.24) is 5.32 Å². The number of carbonyl (C=O) groups excluding carboxylic acids is 1. The number of nitrogens with one attached hydrogen (secondary N) is 1. The zero-order valence-corrected chi connectivity index (χ0v) is 16.5. The van der Waals surface area contributed by atoms with Gasteiger partial charge in [0.2, 0.25) is 5.91 Å². The smallest absolute Gasteiger partial charge is 0.222 e. The number of amides is 1. The van der Waals surface area contributed by atoms with Gasteiger partial charge < -0.3 is 25.0 Å². The standard InChI is InChI=1S/C22H26FNO5/c1-22(24-20(26)10-11-25)12-18(14-6-8-15(23)9-7-14)29-19(13-22)16-4-3-5-17(28-2)21(16)27/h3-9,18-19,25,27H,10-13H2,1-2H3,(H,24,26)/t18-,19+,22-/m0/s1. The molecule has 0 saturated carbocycles. The van der Waals surface area contributed by atoms with Gasteiger partial charge in [0.1, 0.15) is 5.82 Å². The molecular weight excluding hydrogens is 377 g/mol. The fraction of sp³-hybridized carbons (Fsp3) is 0.409. The molecule has 2 aromatic carbocycles. The molecule has 0 unspecified atom stereocenters. The van der Waals surface area contributed by atoms with Gasteiger partial charge >= 0.3 is 0 Å². The molecule has 0 spiro atoms. The number of aromatic hydroxyl groups is 1. The highest BCUT2D eigenvalue weighted by Crippen LogP contribution is 2.47. The van der Waals surface area contributed by atoms with Crippen molar-refractivity contribution >= 4 is 5.91 Å². The van der Waals surface area contributed by atoms with Gasteiger partial charge in [-0.3, -0.25) is 4.79 Å². The SMILES string of the molecule is COc1cccc([C@H]2C[C@@](C)(NC(=O)CCO)C[C@@H](c3ccc(F)cc3)O2)c1O. The first-order valence-corrected chi connectivity index (χ1v) is 9.54. The number of aliphatic hydroxyl groups is 1. The Kier molecular flexibility index (Phi) is 6.39. The van der Waals surface area contributed by atoms with Crippen LogP contribution in [0.5, 0.6) is 11.5 Å². The lowest BCUT2D eigenvalue weighted by atomic mass is 9.81. The molecule has 0 bridgehead atoms. The lowest BCUT2D eigenvalue weighted by molar-refractivity contribution is -0.129. The van der Waals surface area contributed by atoms with Gasteiger partial charge in [0.15, 0.2) is 11.5 Å². The number of carbonyl (C=O) groups is 1. The number of ether oxygens (including phenoxy) is 2. The lowest BCUT2D eigenvalue weighted by Crippen LogP contribution is -2.51. The van der Waals surface area contributed by atoms with Gasteiger partial charge in [-0.1, -0.05) is 24.3 Å². The predicted molar refractivity (Wildman–Crippen MR) is 105 cm³/mol. The normalized spacial score (nSPS) is 24.1. The zero-order valence-electron chi connectivity index (χ0n) is 16.5. The second-order valence-electron chi connectivity index (χ2n) is 7.55. The molecular formula is C22H26FNO5. The number of halogens is 1. The summed E-state index contributed by atoms with van der Waals surface area (Å²) in [7, 11) is 1.47. The van der Waals surface area contributed by atoms with E-state index in [1.807, 2.05) is 6.92 Å². The van der Waals surface area contributed by atoms with Crippen LogP contribution in [-0.4, -0.2) is 35.4 Å². The first-order chi connectivity index (χ1) is 13.8. The van der Waals surface area contributed by atoms with E-state index in [-0.39, 0.29) is 30.5 Å². The number of rotatable bonds is 6. The van der Waals surface area contributed by atoms with Crippen molar-refractivity contribution in [2.75, 3.05) is 13.7 Å². The van der Waals surface area contributed by atoms with E-state index in [2.05, 4.69) is 5.32 Å². The molecule has 3 rings (SSSR count). The molecule has 0 radical (unpaired) electrons. The number of hydrogen-bond acceptors (Lipinski definition) is 5. The number of para-hydroxylation sites is 1. The molecule has 3 atom stereocenters. The molecule has 0 aliphatic carbocycles. The van der Waals surface area contributed by atoms with Gasteiger partial charge in [-0.2, -0.15) is 0 Å². The Balaban J connectivity index is 1.95. The fourth-order valence-corrected chi connectivity index (χ4v) is 3.82. The third-order valence-corrected chi connectivity index (χ3v) is 5.22. The van der Waals surface area contributed by atoms with Gasteiger partial charge in [0.05, 0.1) is 25.9 Å². The quantitative estimate of drug-likeness (QED) is 0.688. The number of phenols is 1. The van der Waals surface area contributed by atoms with E-state index in [4.69, 9.17) is 14.6 Å². The van der Waals surface area contributed by atoms with Crippen molar-refractivity contribution < 1.29 is 28.9 Å². The molecule has 1 aliphatic heterocycles. The van der Waals surface area contributed by atoms with Gasteiger partial charge in [0.25, 0.3) is 0 Å². The average molecular weight is 403 g/mol. The number of hydrogen-bond donors (Lipinski definition) is 3. The van der Waals surface area contributed by atoms with E-state index in [0.717, 1.165) is 5.56 Å². The van der Waals surface area contributed by atoms with Crippen LogP contribution in [-0.2, 0) is 9.53 Å². The van der Waals surface area contributed by atoms with Crippen LogP contribution in [0.3, 0.4) is 0 Å². The van der Waals surface area contributed by atoms with Crippen molar-refractivity contribution in [3.05, 3.63) is 59.4 Å². The first kappa shape index (κ1) is 21.1. The van der Waals surface area contributed by atoms with Gasteiger partial charge in [-0.15, -0.1) is 0 Å². The van der Waals surface area contributed by atoms with Gasteiger partial charge in [-0.25, -0.2) is 4.39 Å². The van der Waals surface area contributed by atoms with Crippen molar-refractivity contribution in [3.8, 4) is 11.5 Å². The van der Waals surface area contributed by atoms with E-state index in [9.17, 15) is 14.3 Å². The average Bonchev–Trinajstić information content (AvgIpc) is 2.68. The maximum Gasteiger partial charge on any atom is 0.222 e. The molecule has 1 heterocycles. The van der Waals surface area contributed by atoms with Crippen LogP contribution in [0.15, 0.2) is 42.5 Å². The molecule has 1 fully saturated rings. The van der Waals surface area contributed by atoms with Crippen LogP contribution in [0.2, 0.25) is 0 Å². The third kappa shape index (κ3) is 4.86. The Labute approximate surface area is 169 Å². The van der Waals surface area contributed by atoms with Crippen molar-refractivity contribution in [1.29, 1.82) is 0 Å². The van der Waals surface area contributed by atoms with E-state index < -0.39 is 17.7 Å². The molecule has 2 aromatic rings. The molecule has 0 aromatic heterocycles. The summed E-state index contributed by atoms with van der Waals surface area (Å²) >= 11 is 0. The van der Waals surface area contributed by atoms with E-state index in [1.165, 1.54) is 19.2 Å². The second kappa shape index (κ2) is 8.80. The van der Waals surface area contributed by atoms with Crippen molar-refractivity contribution in [2.45, 2.75) is 43.9 Å². The van der Waals surface area contributed by atoms with Crippen molar-refractivity contribution in [3.63, 3.8) is 0 Å². The Morgan fingerprint density at radius 2 is 1.93 bits per heavy atom. The number of methoxy groups -OCH3 is 1. The van der Waals surface area contributed by atoms with Gasteiger partial charge in [0, 0.05) is 30.4 Å². The fourth-order valence-electron chi connectivity index (χ4n) is 3.82. The zero-order chi connectivity index (χ0) is 21.0. The molecule has 156 valence electrons. The van der Waals surface area contributed by atoms with E-state index in [0.29, 0.717) is 24.2 Å². The Bertz CT molecular complexity index is 857. The summed E-state index contributed by atoms with van der Waals surface area (Å²) in [5.41, 5.74) is 0.684. The van der Waals surface area contributed by atoms with E-state index >= 15 is 0 Å². The Hall–Kier alpha value is -2.64. The number of aliphatic hydroxyl groups excluding tert-OH is 1. The third-order valence-electron chi connectivity index (χ3n) is 5.22. The molecule has 29 heavy (non-hydrogen) atoms. The number of phenolic OH excluding ortho intramolecular Hbond substituents is 1. The highest BCUT2D eigenvalue weighted by molar-refractivity contribution is 5.76. The topological polar surface area (TPSA) is 88.0 Å². The summed E-state index contributed by atoms with van der Waals surface area (Å²) in [5, 5.41) is 22.6. The number of benzene rings is 2. The molecule has 1 aliphatic rings. The highest BCUT2D eigenvalue weighted by Gasteiger charge is 2.41. The molecule has 1 amide bonds. The maximum atomic E-state index is 13.4. The Morgan fingerprint density at radius 3 is 2.59 bits per heavy atom. The minimum atomic E-state index is -0.649. The maximum absolute atomic E-state index is 13.4. The molecule has 3 N–H and O–H groups in total. The summed E-state index contributed by atoms with van der Waals surface area (Å²) in [6.45, 7) is 1.67. The Morgan fingerprint density at radius 1 is 1.24 bits per heavy atom. The molecule has 1 saturated heterocycles. The predicted octanol–water partition coefficient (Wildman–Crippen LogP) is 3.39. The van der Waals surface area contributed by atoms with E-state index in [1.54, 1.807) is 30.3 Å². The summed E-state index contributed by atoms with van der Waals surface area (Å²) in [6.07, 6.45) is -0.0421. The highest BCUT2D eigenvalue weighted by atomic mass is 19.1. The van der Waals surface area contributed by atoms with Crippen LogP contribution in [0.25, 0.3) is 0 Å². The van der Waals surface area contributed by atoms with Crippen LogP contribution in [0.4, 0.5) is 4.39 Å². The molecule has 7 heteroatoms. The summed E-state index contributed by atoms with van der Waals surface area (Å²) in [5.74, 6) is -0.279. The lowest BCUT2D eigenvalue weighted by Gasteiger charge is -2.43. The minimum Gasteiger partial charge on any atom is -0.504 e. The molecule has 6 nitrogen and oxygen atoms in total. The largest absolute Gasteiger partial charge is 0.504 e. The summed E-state index contributed by atoms with van der Waals surface area (Å²) < 4.78 is 24.9. The van der Waals surface area contributed by atoms with Gasteiger partial charge in [-0.05, 0) is 30.7 Å². The van der Waals surface area contributed by atoms with Crippen LogP contribution in [0.1, 0.15) is 49.5 Å².